The van der Waals surface area contributed by atoms with E-state index in [2.05, 4.69) is 39.5 Å². The molecule has 2 fully saturated rings. The molecular formula is C16H16BrClS. The second kappa shape index (κ2) is 4.75. The van der Waals surface area contributed by atoms with Crippen molar-refractivity contribution in [2.45, 2.75) is 31.1 Å². The van der Waals surface area contributed by atoms with Crippen LogP contribution in [-0.2, 0) is 0 Å². The van der Waals surface area contributed by atoms with E-state index in [-0.39, 0.29) is 5.38 Å². The van der Waals surface area contributed by atoms with Gasteiger partial charge in [0.25, 0.3) is 0 Å². The van der Waals surface area contributed by atoms with Gasteiger partial charge in [-0.1, -0.05) is 25.0 Å². The van der Waals surface area contributed by atoms with Crippen LogP contribution in [0, 0.1) is 17.8 Å². The Morgan fingerprint density at radius 1 is 1.21 bits per heavy atom. The lowest BCUT2D eigenvalue weighted by Gasteiger charge is -2.08. The third-order valence-corrected chi connectivity index (χ3v) is 7.44. The minimum atomic E-state index is 0.219. The molecule has 2 aliphatic carbocycles. The fourth-order valence-electron chi connectivity index (χ4n) is 3.94. The highest BCUT2D eigenvalue weighted by molar-refractivity contribution is 9.10. The molecule has 0 spiro atoms. The predicted molar refractivity (Wildman–Crippen MR) is 87.1 cm³/mol. The van der Waals surface area contributed by atoms with Gasteiger partial charge in [0.2, 0.25) is 0 Å². The zero-order valence-electron chi connectivity index (χ0n) is 10.6. The third-order valence-electron chi connectivity index (χ3n) is 4.94. The van der Waals surface area contributed by atoms with E-state index < -0.39 is 0 Å². The lowest BCUT2D eigenvalue weighted by atomic mass is 10.0. The van der Waals surface area contributed by atoms with Gasteiger partial charge in [0.15, 0.2) is 0 Å². The van der Waals surface area contributed by atoms with Gasteiger partial charge in [-0.05, 0) is 68.9 Å². The summed E-state index contributed by atoms with van der Waals surface area (Å²) >= 11 is 12.3. The Morgan fingerprint density at radius 3 is 2.68 bits per heavy atom. The van der Waals surface area contributed by atoms with Crippen molar-refractivity contribution in [2.24, 2.45) is 17.8 Å². The largest absolute Gasteiger partial charge is 0.142 e. The molecule has 100 valence electrons. The van der Waals surface area contributed by atoms with Crippen LogP contribution in [0.1, 0.15) is 36.6 Å². The first-order valence-corrected chi connectivity index (χ1v) is 9.18. The molecule has 1 aromatic heterocycles. The summed E-state index contributed by atoms with van der Waals surface area (Å²) in [6.45, 7) is 0. The fourth-order valence-corrected chi connectivity index (χ4v) is 6.23. The predicted octanol–water partition coefficient (Wildman–Crippen LogP) is 6.38. The minimum Gasteiger partial charge on any atom is -0.142 e. The van der Waals surface area contributed by atoms with Crippen molar-refractivity contribution >= 4 is 49.0 Å². The first kappa shape index (κ1) is 12.7. The highest BCUT2D eigenvalue weighted by Gasteiger charge is 2.54. The Balaban J connectivity index is 1.69. The summed E-state index contributed by atoms with van der Waals surface area (Å²) in [5.74, 6) is 2.57. The Kier molecular flexibility index (Phi) is 3.17. The molecule has 2 aromatic rings. The lowest BCUT2D eigenvalue weighted by Crippen LogP contribution is -1.94. The topological polar surface area (TPSA) is 0 Å². The zero-order chi connectivity index (χ0) is 13.0. The van der Waals surface area contributed by atoms with E-state index in [0.29, 0.717) is 0 Å². The summed E-state index contributed by atoms with van der Waals surface area (Å²) < 4.78 is 2.53. The van der Waals surface area contributed by atoms with E-state index in [0.717, 1.165) is 17.8 Å². The minimum absolute atomic E-state index is 0.219. The maximum atomic E-state index is 6.84. The SMILES string of the molecule is ClC(c1csc2c(Br)cccc12)C1C2CCCCC21. The van der Waals surface area contributed by atoms with E-state index in [1.54, 1.807) is 0 Å². The van der Waals surface area contributed by atoms with Crippen molar-refractivity contribution in [2.75, 3.05) is 0 Å². The Hall–Kier alpha value is -0.0500. The van der Waals surface area contributed by atoms with Crippen molar-refractivity contribution in [3.8, 4) is 0 Å². The van der Waals surface area contributed by atoms with Crippen LogP contribution in [0.3, 0.4) is 0 Å². The van der Waals surface area contributed by atoms with Crippen molar-refractivity contribution in [3.63, 3.8) is 0 Å². The average Bonchev–Trinajstić information content (AvgIpc) is 2.99. The molecular weight excluding hydrogens is 340 g/mol. The quantitative estimate of drug-likeness (QED) is 0.548. The summed E-state index contributed by atoms with van der Waals surface area (Å²) in [6, 6.07) is 6.45. The number of hydrogen-bond donors (Lipinski definition) is 0. The van der Waals surface area contributed by atoms with Gasteiger partial charge in [-0.25, -0.2) is 0 Å². The molecule has 3 unspecified atom stereocenters. The zero-order valence-corrected chi connectivity index (χ0v) is 13.8. The molecule has 4 rings (SSSR count). The number of benzene rings is 1. The summed E-state index contributed by atoms with van der Waals surface area (Å²) in [7, 11) is 0. The van der Waals surface area contributed by atoms with Crippen molar-refractivity contribution < 1.29 is 0 Å². The van der Waals surface area contributed by atoms with E-state index in [9.17, 15) is 0 Å². The van der Waals surface area contributed by atoms with Crippen molar-refractivity contribution in [1.82, 2.24) is 0 Å². The van der Waals surface area contributed by atoms with Gasteiger partial charge in [0.1, 0.15) is 0 Å². The van der Waals surface area contributed by atoms with Crippen LogP contribution in [0.4, 0.5) is 0 Å². The molecule has 2 aliphatic rings. The summed E-state index contributed by atoms with van der Waals surface area (Å²) in [5.41, 5.74) is 1.36. The maximum Gasteiger partial charge on any atom is 0.0633 e. The van der Waals surface area contributed by atoms with Crippen molar-refractivity contribution in [1.29, 1.82) is 0 Å². The summed E-state index contributed by atoms with van der Waals surface area (Å²) in [5, 5.41) is 3.84. The molecule has 3 atom stereocenters. The van der Waals surface area contributed by atoms with Gasteiger partial charge in [0, 0.05) is 9.17 Å². The lowest BCUT2D eigenvalue weighted by molar-refractivity contribution is 0.480. The Bertz CT molecular complexity index is 608. The standard InChI is InChI=1S/C16H16BrClS/c17-13-7-3-6-11-12(8-19-16(11)13)15(18)14-9-4-1-2-5-10(9)14/h3,6-10,14-15H,1-2,4-5H2. The van der Waals surface area contributed by atoms with Gasteiger partial charge in [-0.3, -0.25) is 0 Å². The number of thiophene rings is 1. The van der Waals surface area contributed by atoms with Gasteiger partial charge >= 0.3 is 0 Å². The molecule has 3 heteroatoms. The maximum absolute atomic E-state index is 6.84. The molecule has 0 bridgehead atoms. The van der Waals surface area contributed by atoms with E-state index in [4.69, 9.17) is 11.6 Å². The molecule has 0 radical (unpaired) electrons. The second-order valence-corrected chi connectivity index (χ2v) is 8.10. The molecule has 2 saturated carbocycles. The van der Waals surface area contributed by atoms with Crippen LogP contribution >= 0.6 is 38.9 Å². The van der Waals surface area contributed by atoms with Crippen LogP contribution < -0.4 is 0 Å². The fraction of sp³-hybridized carbons (Fsp3) is 0.500. The number of hydrogen-bond acceptors (Lipinski definition) is 1. The van der Waals surface area contributed by atoms with E-state index in [1.807, 2.05) is 11.3 Å². The molecule has 1 aromatic carbocycles. The molecule has 1 heterocycles. The van der Waals surface area contributed by atoms with Gasteiger partial charge in [0.05, 0.1) is 5.38 Å². The van der Waals surface area contributed by atoms with E-state index >= 15 is 0 Å². The molecule has 0 N–H and O–H groups in total. The van der Waals surface area contributed by atoms with Crippen LogP contribution in [0.2, 0.25) is 0 Å². The number of halogens is 2. The van der Waals surface area contributed by atoms with E-state index in [1.165, 1.54) is 45.8 Å². The van der Waals surface area contributed by atoms with Crippen molar-refractivity contribution in [3.05, 3.63) is 33.6 Å². The summed E-state index contributed by atoms with van der Waals surface area (Å²) in [4.78, 5) is 0. The molecule has 19 heavy (non-hydrogen) atoms. The number of alkyl halides is 1. The highest BCUT2D eigenvalue weighted by atomic mass is 79.9. The van der Waals surface area contributed by atoms with Gasteiger partial charge in [-0.15, -0.1) is 22.9 Å². The molecule has 0 saturated heterocycles. The number of fused-ring (bicyclic) bond motifs is 2. The third kappa shape index (κ3) is 1.99. The molecule has 0 aliphatic heterocycles. The van der Waals surface area contributed by atoms with Gasteiger partial charge < -0.3 is 0 Å². The summed E-state index contributed by atoms with van der Waals surface area (Å²) in [6.07, 6.45) is 5.64. The highest BCUT2D eigenvalue weighted by Crippen LogP contribution is 2.63. The normalized spacial score (nSPS) is 31.2. The van der Waals surface area contributed by atoms with Gasteiger partial charge in [-0.2, -0.15) is 0 Å². The molecule has 0 amide bonds. The number of rotatable bonds is 2. The van der Waals surface area contributed by atoms with Crippen LogP contribution in [0.25, 0.3) is 10.1 Å². The van der Waals surface area contributed by atoms with Crippen LogP contribution in [0.15, 0.2) is 28.1 Å². The first-order chi connectivity index (χ1) is 9.27. The first-order valence-electron chi connectivity index (χ1n) is 7.07. The smallest absolute Gasteiger partial charge is 0.0633 e. The van der Waals surface area contributed by atoms with Crippen LogP contribution in [-0.4, -0.2) is 0 Å². The van der Waals surface area contributed by atoms with Crippen LogP contribution in [0.5, 0.6) is 0 Å². The Morgan fingerprint density at radius 2 is 1.95 bits per heavy atom. The monoisotopic (exact) mass is 354 g/mol. The molecule has 0 nitrogen and oxygen atoms in total. The second-order valence-electron chi connectivity index (χ2n) is 5.90. The average molecular weight is 356 g/mol. The Labute approximate surface area is 131 Å².